The Morgan fingerprint density at radius 1 is 1.47 bits per heavy atom. The first-order chi connectivity index (χ1) is 7.00. The lowest BCUT2D eigenvalue weighted by atomic mass is 10.3. The highest BCUT2D eigenvalue weighted by Crippen LogP contribution is 2.19. The van der Waals surface area contributed by atoms with E-state index in [-0.39, 0.29) is 4.90 Å². The summed E-state index contributed by atoms with van der Waals surface area (Å²) in [5.41, 5.74) is 9.30. The highest BCUT2D eigenvalue weighted by Gasteiger charge is 2.10. The molecule has 1 aromatic heterocycles. The summed E-state index contributed by atoms with van der Waals surface area (Å²) in [5, 5.41) is 0. The van der Waals surface area contributed by atoms with Crippen LogP contribution >= 0.6 is 11.3 Å². The molecule has 0 aliphatic heterocycles. The van der Waals surface area contributed by atoms with Gasteiger partial charge in [-0.2, -0.15) is 0 Å². The number of hydrogen-bond acceptors (Lipinski definition) is 3. The highest BCUT2D eigenvalue weighted by atomic mass is 32.2. The standard InChI is InChI=1S/C8H7N3O2S2/c1-15(12,13)5-2-3-6-7(4-5)14-8(10-6)11-9/h2-4,10H,1H3. The number of aromatic amines is 1. The minimum Gasteiger partial charge on any atom is -0.496 e. The fourth-order valence-corrected chi connectivity index (χ4v) is 2.76. The number of nitrogens with zero attached hydrogens (tertiary/aromatic N) is 2. The van der Waals surface area contributed by atoms with Crippen LogP contribution in [0, 0.1) is 0 Å². The maximum Gasteiger partial charge on any atom is 0.418 e. The van der Waals surface area contributed by atoms with E-state index < -0.39 is 9.84 Å². The van der Waals surface area contributed by atoms with Gasteiger partial charge in [-0.15, -0.1) is 0 Å². The molecule has 0 amide bonds. The molecule has 2 rings (SSSR count). The molecule has 2 aromatic rings. The Morgan fingerprint density at radius 2 is 2.20 bits per heavy atom. The van der Waals surface area contributed by atoms with Crippen LogP contribution in [0.25, 0.3) is 15.7 Å². The van der Waals surface area contributed by atoms with Crippen molar-refractivity contribution in [2.24, 2.45) is 0 Å². The van der Waals surface area contributed by atoms with Crippen molar-refractivity contribution < 1.29 is 13.2 Å². The molecule has 5 nitrogen and oxygen atoms in total. The van der Waals surface area contributed by atoms with Gasteiger partial charge in [0, 0.05) is 6.26 Å². The quantitative estimate of drug-likeness (QED) is 0.590. The number of nitrogens with one attached hydrogen (secondary N) is 1. The van der Waals surface area contributed by atoms with E-state index in [4.69, 9.17) is 5.53 Å². The zero-order valence-corrected chi connectivity index (χ0v) is 9.39. The molecule has 1 aromatic carbocycles. The second kappa shape index (κ2) is 3.30. The van der Waals surface area contributed by atoms with Crippen molar-refractivity contribution >= 4 is 31.4 Å². The number of fused-ring (bicyclic) bond motifs is 1. The summed E-state index contributed by atoms with van der Waals surface area (Å²) in [6.45, 7) is 0. The predicted octanol–water partition coefficient (Wildman–Crippen LogP) is 0.763. The Balaban J connectivity index is 2.82. The van der Waals surface area contributed by atoms with Gasteiger partial charge in [-0.1, -0.05) is 0 Å². The molecule has 0 saturated heterocycles. The Kier molecular flexibility index (Phi) is 2.22. The lowest BCUT2D eigenvalue weighted by Gasteiger charge is -1.95. The van der Waals surface area contributed by atoms with Crippen LogP contribution in [-0.4, -0.2) is 24.4 Å². The first-order valence-electron chi connectivity index (χ1n) is 4.02. The van der Waals surface area contributed by atoms with Gasteiger partial charge in [0.25, 0.3) is 0 Å². The maximum absolute atomic E-state index is 11.3. The van der Waals surface area contributed by atoms with Gasteiger partial charge in [0.15, 0.2) is 9.84 Å². The van der Waals surface area contributed by atoms with E-state index in [1.165, 1.54) is 17.4 Å². The Morgan fingerprint density at radius 3 is 2.80 bits per heavy atom. The van der Waals surface area contributed by atoms with Crippen molar-refractivity contribution in [2.75, 3.05) is 6.26 Å². The molecule has 0 radical (unpaired) electrons. The molecule has 0 spiro atoms. The topological polar surface area (TPSA) is 86.3 Å². The number of H-pyrrole nitrogens is 1. The van der Waals surface area contributed by atoms with E-state index in [0.717, 1.165) is 16.5 Å². The van der Waals surface area contributed by atoms with Crippen LogP contribution in [-0.2, 0) is 9.84 Å². The summed E-state index contributed by atoms with van der Waals surface area (Å²) in [6.07, 6.45) is 1.16. The van der Waals surface area contributed by atoms with E-state index in [9.17, 15) is 8.42 Å². The van der Waals surface area contributed by atoms with Gasteiger partial charge >= 0.3 is 4.80 Å². The molecule has 1 N–H and O–H groups in total. The number of thiazole rings is 1. The largest absolute Gasteiger partial charge is 0.496 e. The van der Waals surface area contributed by atoms with Gasteiger partial charge < -0.3 is 5.53 Å². The average molecular weight is 241 g/mol. The van der Waals surface area contributed by atoms with E-state index in [1.54, 1.807) is 12.1 Å². The second-order valence-electron chi connectivity index (χ2n) is 3.06. The molecule has 15 heavy (non-hydrogen) atoms. The van der Waals surface area contributed by atoms with E-state index in [2.05, 4.69) is 9.77 Å². The SMILES string of the molecule is CS(=O)(=O)c1ccc2[nH]c(=[N+]=[N-])sc2c1. The van der Waals surface area contributed by atoms with Gasteiger partial charge in [-0.25, -0.2) is 13.4 Å². The van der Waals surface area contributed by atoms with Crippen molar-refractivity contribution in [3.05, 3.63) is 28.5 Å². The molecule has 0 aliphatic rings. The maximum atomic E-state index is 11.3. The lowest BCUT2D eigenvalue weighted by molar-refractivity contribution is -0.0649. The summed E-state index contributed by atoms with van der Waals surface area (Å²) in [5.74, 6) is 0. The molecule has 1 heterocycles. The van der Waals surface area contributed by atoms with Gasteiger partial charge in [0.2, 0.25) is 0 Å². The monoisotopic (exact) mass is 241 g/mol. The Hall–Kier alpha value is -1.43. The fourth-order valence-electron chi connectivity index (χ4n) is 1.21. The summed E-state index contributed by atoms with van der Waals surface area (Å²) >= 11 is 1.19. The van der Waals surface area contributed by atoms with E-state index in [0.29, 0.717) is 4.80 Å². The number of hydrogen-bond donors (Lipinski definition) is 1. The summed E-state index contributed by atoms with van der Waals surface area (Å²) < 4.78 is 23.3. The van der Waals surface area contributed by atoms with Gasteiger partial charge in [-0.05, 0) is 29.5 Å². The second-order valence-corrected chi connectivity index (χ2v) is 6.11. The zero-order chi connectivity index (χ0) is 11.1. The number of benzene rings is 1. The first kappa shape index (κ1) is 10.1. The van der Waals surface area contributed by atoms with Crippen LogP contribution in [0.2, 0.25) is 0 Å². The van der Waals surface area contributed by atoms with Crippen LogP contribution in [0.4, 0.5) is 0 Å². The average Bonchev–Trinajstić information content (AvgIpc) is 2.57. The van der Waals surface area contributed by atoms with Crippen LogP contribution in [0.5, 0.6) is 0 Å². The molecular formula is C8H7N3O2S2. The lowest BCUT2D eigenvalue weighted by Crippen LogP contribution is -1.96. The smallest absolute Gasteiger partial charge is 0.418 e. The third-order valence-electron chi connectivity index (χ3n) is 1.92. The van der Waals surface area contributed by atoms with Crippen LogP contribution in [0.1, 0.15) is 0 Å². The van der Waals surface area contributed by atoms with Crippen LogP contribution in [0.3, 0.4) is 0 Å². The summed E-state index contributed by atoms with van der Waals surface area (Å²) in [6, 6.07) is 4.72. The number of rotatable bonds is 1. The first-order valence-corrected chi connectivity index (χ1v) is 6.72. The highest BCUT2D eigenvalue weighted by molar-refractivity contribution is 7.90. The molecule has 7 heteroatoms. The molecule has 0 aliphatic carbocycles. The van der Waals surface area contributed by atoms with E-state index >= 15 is 0 Å². The van der Waals surface area contributed by atoms with Crippen molar-refractivity contribution in [1.82, 2.24) is 4.98 Å². The normalized spacial score (nSPS) is 11.5. The third-order valence-corrected chi connectivity index (χ3v) is 3.97. The van der Waals surface area contributed by atoms with Crippen molar-refractivity contribution in [3.63, 3.8) is 0 Å². The molecule has 0 saturated carbocycles. The van der Waals surface area contributed by atoms with Crippen molar-refractivity contribution in [3.8, 4) is 0 Å². The van der Waals surface area contributed by atoms with Crippen molar-refractivity contribution in [2.45, 2.75) is 4.90 Å². The fraction of sp³-hybridized carbons (Fsp3) is 0.125. The molecule has 0 bridgehead atoms. The van der Waals surface area contributed by atoms with Crippen molar-refractivity contribution in [1.29, 1.82) is 0 Å². The molecule has 78 valence electrons. The Bertz CT molecular complexity index is 705. The van der Waals surface area contributed by atoms with Gasteiger partial charge in [0.1, 0.15) is 5.52 Å². The predicted molar refractivity (Wildman–Crippen MR) is 56.0 cm³/mol. The van der Waals surface area contributed by atoms with Gasteiger partial charge in [-0.3, -0.25) is 4.79 Å². The number of aromatic nitrogens is 1. The minimum atomic E-state index is -3.19. The third kappa shape index (κ3) is 1.85. The molecule has 0 fully saturated rings. The number of sulfone groups is 1. The molecule has 0 unspecified atom stereocenters. The summed E-state index contributed by atoms with van der Waals surface area (Å²) in [4.78, 5) is 6.45. The van der Waals surface area contributed by atoms with Crippen LogP contribution < -0.4 is 4.80 Å². The Labute approximate surface area is 89.5 Å². The molecular weight excluding hydrogens is 234 g/mol. The zero-order valence-electron chi connectivity index (χ0n) is 7.76. The molecule has 0 atom stereocenters. The minimum absolute atomic E-state index is 0.259. The van der Waals surface area contributed by atoms with E-state index in [1.807, 2.05) is 0 Å². The summed E-state index contributed by atoms with van der Waals surface area (Å²) in [7, 11) is -3.19. The van der Waals surface area contributed by atoms with Crippen LogP contribution in [0.15, 0.2) is 23.1 Å². The van der Waals surface area contributed by atoms with Gasteiger partial charge in [0.05, 0.1) is 9.60 Å².